The largest absolute Gasteiger partial charge is 2.00 e. The van der Waals surface area contributed by atoms with Crippen LogP contribution in [0.4, 0.5) is 11.4 Å². The molecule has 2 heterocycles. The van der Waals surface area contributed by atoms with E-state index in [-0.39, 0.29) is 65.2 Å². The Labute approximate surface area is 231 Å². The molecule has 0 radical (unpaired) electrons. The second-order valence-corrected chi connectivity index (χ2v) is 7.11. The van der Waals surface area contributed by atoms with Crippen molar-refractivity contribution in [1.82, 2.24) is 9.80 Å². The third-order valence-electron chi connectivity index (χ3n) is 3.63. The Kier molecular flexibility index (Phi) is 17.1. The Balaban J connectivity index is 0. The number of aliphatic hydroxyl groups is 2. The van der Waals surface area contributed by atoms with Crippen LogP contribution >= 0.6 is 0 Å². The van der Waals surface area contributed by atoms with Crippen LogP contribution in [0.15, 0.2) is 60.6 Å². The van der Waals surface area contributed by atoms with Gasteiger partial charge in [0.15, 0.2) is 11.6 Å². The summed E-state index contributed by atoms with van der Waals surface area (Å²) in [4.78, 5) is 28.1. The maximum absolute atomic E-state index is 10.0. The number of benzene rings is 1. The van der Waals surface area contributed by atoms with Gasteiger partial charge in [-0.05, 0) is 66.6 Å². The molecule has 0 aromatic heterocycles. The molecule has 0 aliphatic carbocycles. The van der Waals surface area contributed by atoms with E-state index in [1.165, 1.54) is 39.8 Å². The molecule has 0 amide bonds. The zero-order valence-electron chi connectivity index (χ0n) is 19.9. The molecule has 1 aromatic carbocycles. The molecule has 3 rings (SSSR count). The van der Waals surface area contributed by atoms with Gasteiger partial charge >= 0.3 is 42.1 Å². The standard InChI is InChI=1S/C14H14N4.2C5H8O2.2Pt/c1-15-6-8-17(11-15)13-4-3-5-14(10-13)18-9-7-16(2)12-18;2*1-4(6)3-5(2)7;;/h3,6-12H,1-2H3;2*3,6H,1-2H3;;/q-4;;;2*+2. The Bertz CT molecular complexity index is 839. The van der Waals surface area contributed by atoms with Crippen molar-refractivity contribution in [2.75, 3.05) is 23.9 Å². The number of rotatable bonds is 4. The van der Waals surface area contributed by atoms with Crippen LogP contribution < -0.4 is 9.80 Å². The number of nitrogens with zero attached hydrogens (tertiary/aromatic N) is 4. The van der Waals surface area contributed by atoms with Gasteiger partial charge in [-0.1, -0.05) is 0 Å². The first kappa shape index (κ1) is 33.9. The fourth-order valence-corrected chi connectivity index (χ4v) is 2.47. The second-order valence-electron chi connectivity index (χ2n) is 7.11. The van der Waals surface area contributed by atoms with E-state index in [1.807, 2.05) is 77.9 Å². The molecule has 8 nitrogen and oxygen atoms in total. The third-order valence-corrected chi connectivity index (χ3v) is 3.63. The van der Waals surface area contributed by atoms with Gasteiger partial charge in [0, 0.05) is 12.2 Å². The summed E-state index contributed by atoms with van der Waals surface area (Å²) in [5, 5.41) is 16.7. The molecular formula is C24H30N4O4Pt2. The first-order chi connectivity index (χ1) is 15.0. The number of carbonyl (C=O) groups excluding carboxylic acids is 2. The molecule has 2 aliphatic rings. The van der Waals surface area contributed by atoms with Crippen LogP contribution in [-0.2, 0) is 51.7 Å². The van der Waals surface area contributed by atoms with Crippen LogP contribution in [0.5, 0.6) is 0 Å². The third kappa shape index (κ3) is 14.1. The van der Waals surface area contributed by atoms with E-state index >= 15 is 0 Å². The SMILES string of the molecule is CC(=O)C=C(C)O.CC(=O)C=C(C)O.CN1C=CN(c2[c-]c[c-]c(N3C=CN(C)[CH-]3)c2)[CH-]1.[Pt+2].[Pt+2]. The van der Waals surface area contributed by atoms with E-state index in [0.717, 1.165) is 11.4 Å². The number of aliphatic hydroxyl groups excluding tert-OH is 2. The predicted molar refractivity (Wildman–Crippen MR) is 126 cm³/mol. The van der Waals surface area contributed by atoms with Gasteiger partial charge in [-0.25, -0.2) is 17.4 Å². The van der Waals surface area contributed by atoms with Gasteiger partial charge in [-0.2, -0.15) is 13.3 Å². The normalized spacial score (nSPS) is 14.4. The van der Waals surface area contributed by atoms with E-state index in [0.29, 0.717) is 0 Å². The minimum absolute atomic E-state index is 0. The van der Waals surface area contributed by atoms with Crippen LogP contribution in [-0.4, -0.2) is 45.7 Å². The average Bonchev–Trinajstić information content (AvgIpc) is 3.29. The maximum Gasteiger partial charge on any atom is 2.00 e. The topological polar surface area (TPSA) is 87.6 Å². The Morgan fingerprint density at radius 1 is 0.765 bits per heavy atom. The van der Waals surface area contributed by atoms with Gasteiger partial charge in [0.05, 0.1) is 11.5 Å². The van der Waals surface area contributed by atoms with Crippen LogP contribution in [0.25, 0.3) is 0 Å². The molecule has 0 fully saturated rings. The number of hydrogen-bond donors (Lipinski definition) is 2. The molecule has 0 spiro atoms. The van der Waals surface area contributed by atoms with Gasteiger partial charge in [0.2, 0.25) is 0 Å². The molecular weight excluding hydrogens is 798 g/mol. The van der Waals surface area contributed by atoms with Gasteiger partial charge in [-0.3, -0.25) is 9.59 Å². The molecule has 2 N–H and O–H groups in total. The minimum atomic E-state index is -0.125. The number of anilines is 2. The van der Waals surface area contributed by atoms with Crippen molar-refractivity contribution >= 4 is 22.9 Å². The summed E-state index contributed by atoms with van der Waals surface area (Å²) in [7, 11) is 4.00. The zero-order valence-corrected chi connectivity index (χ0v) is 24.5. The van der Waals surface area contributed by atoms with E-state index in [1.54, 1.807) is 0 Å². The summed E-state index contributed by atoms with van der Waals surface area (Å²) < 4.78 is 0. The molecule has 0 bridgehead atoms. The summed E-state index contributed by atoms with van der Waals surface area (Å²) in [6.07, 6.45) is 10.3. The van der Waals surface area contributed by atoms with Crippen molar-refractivity contribution in [1.29, 1.82) is 0 Å². The molecule has 0 atom stereocenters. The Morgan fingerprint density at radius 2 is 1.12 bits per heavy atom. The summed E-state index contributed by atoms with van der Waals surface area (Å²) >= 11 is 0. The fourth-order valence-electron chi connectivity index (χ4n) is 2.47. The van der Waals surface area contributed by atoms with Gasteiger partial charge in [0.25, 0.3) is 0 Å². The van der Waals surface area contributed by atoms with E-state index in [4.69, 9.17) is 10.2 Å². The van der Waals surface area contributed by atoms with Crippen LogP contribution in [0.1, 0.15) is 27.7 Å². The molecule has 1 aromatic rings. The van der Waals surface area contributed by atoms with Crippen molar-refractivity contribution < 1.29 is 61.9 Å². The summed E-state index contributed by atoms with van der Waals surface area (Å²) in [5.41, 5.74) is 2.00. The van der Waals surface area contributed by atoms with Gasteiger partial charge < -0.3 is 48.0 Å². The van der Waals surface area contributed by atoms with Crippen molar-refractivity contribution in [3.63, 3.8) is 0 Å². The summed E-state index contributed by atoms with van der Waals surface area (Å²) in [6, 6.07) is 10.3. The summed E-state index contributed by atoms with van der Waals surface area (Å²) in [6.45, 7) is 9.71. The van der Waals surface area contributed by atoms with Crippen LogP contribution in [0.3, 0.4) is 0 Å². The second kappa shape index (κ2) is 17.2. The van der Waals surface area contributed by atoms with Crippen molar-refractivity contribution in [3.05, 3.63) is 86.1 Å². The van der Waals surface area contributed by atoms with Crippen molar-refractivity contribution in [2.45, 2.75) is 27.7 Å². The maximum atomic E-state index is 10.0. The first-order valence-electron chi connectivity index (χ1n) is 9.74. The summed E-state index contributed by atoms with van der Waals surface area (Å²) in [5.74, 6) is -0.125. The zero-order chi connectivity index (χ0) is 24.3. The van der Waals surface area contributed by atoms with Crippen LogP contribution in [0, 0.1) is 25.5 Å². The molecule has 34 heavy (non-hydrogen) atoms. The van der Waals surface area contributed by atoms with E-state index < -0.39 is 0 Å². The van der Waals surface area contributed by atoms with Gasteiger partial charge in [-0.15, -0.1) is 0 Å². The number of allylic oxidation sites excluding steroid dienone is 4. The van der Waals surface area contributed by atoms with Gasteiger partial charge in [0.1, 0.15) is 0 Å². The van der Waals surface area contributed by atoms with E-state index in [9.17, 15) is 9.59 Å². The molecule has 10 heteroatoms. The average molecular weight is 829 g/mol. The van der Waals surface area contributed by atoms with Crippen molar-refractivity contribution in [2.24, 2.45) is 0 Å². The minimum Gasteiger partial charge on any atom is -0.520 e. The number of carbonyl (C=O) groups is 2. The number of ketones is 2. The predicted octanol–water partition coefficient (Wildman–Crippen LogP) is 4.04. The fraction of sp³-hybridized carbons (Fsp3) is 0.250. The molecule has 0 saturated carbocycles. The molecule has 0 unspecified atom stereocenters. The van der Waals surface area contributed by atoms with Crippen LogP contribution in [0.2, 0.25) is 0 Å². The molecule has 190 valence electrons. The van der Waals surface area contributed by atoms with Crippen molar-refractivity contribution in [3.8, 4) is 0 Å². The number of hydrogen-bond acceptors (Lipinski definition) is 8. The smallest absolute Gasteiger partial charge is 0.520 e. The molecule has 0 saturated heterocycles. The quantitative estimate of drug-likeness (QED) is 0.268. The first-order valence-corrected chi connectivity index (χ1v) is 9.74. The van der Waals surface area contributed by atoms with E-state index in [2.05, 4.69) is 18.2 Å². The monoisotopic (exact) mass is 828 g/mol. The Morgan fingerprint density at radius 3 is 1.32 bits per heavy atom. The Hall–Kier alpha value is -2.30. The molecule has 2 aliphatic heterocycles.